The normalized spacial score (nSPS) is 23.8. The molecule has 2 fully saturated rings. The first-order chi connectivity index (χ1) is 14.8. The van der Waals surface area contributed by atoms with Crippen molar-refractivity contribution in [2.45, 2.75) is 44.3 Å². The first kappa shape index (κ1) is 26.6. The fraction of sp³-hybridized carbons (Fsp3) is 0.609. The highest BCUT2D eigenvalue weighted by Gasteiger charge is 2.44. The smallest absolute Gasteiger partial charge is 0.290 e. The zero-order valence-electron chi connectivity index (χ0n) is 19.1. The van der Waals surface area contributed by atoms with Gasteiger partial charge in [-0.2, -0.15) is 0 Å². The van der Waals surface area contributed by atoms with E-state index < -0.39 is 0 Å². The molecule has 3 rings (SSSR count). The molecule has 1 amide bonds. The van der Waals surface area contributed by atoms with Crippen molar-refractivity contribution < 1.29 is 24.6 Å². The third-order valence-corrected chi connectivity index (χ3v) is 6.34. The second-order valence-corrected chi connectivity index (χ2v) is 8.61. The fourth-order valence-electron chi connectivity index (χ4n) is 4.79. The van der Waals surface area contributed by atoms with E-state index >= 15 is 0 Å². The van der Waals surface area contributed by atoms with Gasteiger partial charge in [-0.25, -0.2) is 0 Å². The first-order valence-electron chi connectivity index (χ1n) is 10.6. The Morgan fingerprint density at radius 3 is 1.81 bits per heavy atom. The number of hydrogen-bond donors (Lipinski definition) is 2. The molecule has 31 heavy (non-hydrogen) atoms. The van der Waals surface area contributed by atoms with E-state index in [1.165, 1.54) is 31.2 Å². The monoisotopic (exact) mass is 435 g/mol. The molecule has 2 unspecified atom stereocenters. The van der Waals surface area contributed by atoms with Crippen LogP contribution in [0.3, 0.4) is 0 Å². The van der Waals surface area contributed by atoms with Crippen molar-refractivity contribution in [1.29, 1.82) is 0 Å². The lowest BCUT2D eigenvalue weighted by atomic mass is 10.0. The van der Waals surface area contributed by atoms with Crippen molar-refractivity contribution in [2.24, 2.45) is 11.8 Å². The largest absolute Gasteiger partial charge is 0.483 e. The number of rotatable bonds is 6. The molecule has 2 aliphatic rings. The van der Waals surface area contributed by atoms with Gasteiger partial charge in [0.05, 0.1) is 6.54 Å². The SMILES string of the molecule is CN(CC(=O)N(C)C1C[C@H]2CC(N(C)C)C[C@H]2C1)Cc1ccccc1.O=CO.O=CO. The number of carbonyl (C=O) groups is 3. The molecule has 4 atom stereocenters. The Kier molecular flexibility index (Phi) is 11.8. The maximum Gasteiger partial charge on any atom is 0.290 e. The van der Waals surface area contributed by atoms with E-state index in [1.54, 1.807) is 0 Å². The van der Waals surface area contributed by atoms with Gasteiger partial charge in [0.25, 0.3) is 12.9 Å². The Balaban J connectivity index is 0.000000720. The predicted octanol–water partition coefficient (Wildman–Crippen LogP) is 2.10. The summed E-state index contributed by atoms with van der Waals surface area (Å²) in [6.07, 6.45) is 5.01. The number of nitrogens with zero attached hydrogens (tertiary/aromatic N) is 3. The Labute approximate surface area is 185 Å². The van der Waals surface area contributed by atoms with Gasteiger partial charge in [-0.3, -0.25) is 19.3 Å². The van der Waals surface area contributed by atoms with Crippen LogP contribution in [0.15, 0.2) is 30.3 Å². The van der Waals surface area contributed by atoms with E-state index in [0.29, 0.717) is 12.6 Å². The molecule has 8 heteroatoms. The molecule has 1 aromatic carbocycles. The molecule has 2 N–H and O–H groups in total. The molecule has 2 saturated carbocycles. The highest BCUT2D eigenvalue weighted by Crippen LogP contribution is 2.46. The van der Waals surface area contributed by atoms with Gasteiger partial charge in [-0.05, 0) is 64.2 Å². The second kappa shape index (κ2) is 13.8. The van der Waals surface area contributed by atoms with Crippen LogP contribution >= 0.6 is 0 Å². The molecule has 0 saturated heterocycles. The quantitative estimate of drug-likeness (QED) is 0.660. The summed E-state index contributed by atoms with van der Waals surface area (Å²) in [5, 5.41) is 13.8. The van der Waals surface area contributed by atoms with Crippen LogP contribution < -0.4 is 0 Å². The van der Waals surface area contributed by atoms with Gasteiger partial charge in [-0.1, -0.05) is 30.3 Å². The van der Waals surface area contributed by atoms with Crippen LogP contribution in [-0.4, -0.2) is 90.6 Å². The summed E-state index contributed by atoms with van der Waals surface area (Å²) in [5.41, 5.74) is 1.26. The molecule has 0 bridgehead atoms. The van der Waals surface area contributed by atoms with Gasteiger partial charge in [0, 0.05) is 25.7 Å². The minimum Gasteiger partial charge on any atom is -0.483 e. The molecule has 0 aromatic heterocycles. The number of carbonyl (C=O) groups excluding carboxylic acids is 1. The summed E-state index contributed by atoms with van der Waals surface area (Å²) >= 11 is 0. The average molecular weight is 436 g/mol. The number of fused-ring (bicyclic) bond motifs is 1. The summed E-state index contributed by atoms with van der Waals surface area (Å²) in [7, 11) is 8.43. The third kappa shape index (κ3) is 8.67. The molecule has 1 aromatic rings. The summed E-state index contributed by atoms with van der Waals surface area (Å²) in [5.74, 6) is 1.89. The van der Waals surface area contributed by atoms with E-state index in [4.69, 9.17) is 19.8 Å². The highest BCUT2D eigenvalue weighted by molar-refractivity contribution is 5.78. The van der Waals surface area contributed by atoms with Crippen LogP contribution in [0, 0.1) is 11.8 Å². The molecule has 0 radical (unpaired) electrons. The lowest BCUT2D eigenvalue weighted by molar-refractivity contribution is -0.133. The van der Waals surface area contributed by atoms with Gasteiger partial charge in [0.15, 0.2) is 0 Å². The Bertz CT molecular complexity index is 650. The topological polar surface area (TPSA) is 101 Å². The molecular weight excluding hydrogens is 398 g/mol. The molecule has 8 nitrogen and oxygen atoms in total. The van der Waals surface area contributed by atoms with Gasteiger partial charge in [0.1, 0.15) is 0 Å². The predicted molar refractivity (Wildman–Crippen MR) is 120 cm³/mol. The average Bonchev–Trinajstić information content (AvgIpc) is 3.28. The number of amides is 1. The maximum atomic E-state index is 12.7. The van der Waals surface area contributed by atoms with Crippen molar-refractivity contribution in [3.63, 3.8) is 0 Å². The summed E-state index contributed by atoms with van der Waals surface area (Å²) < 4.78 is 0. The number of likely N-dealkylation sites (N-methyl/N-ethyl adjacent to an activating group) is 2. The lowest BCUT2D eigenvalue weighted by Gasteiger charge is -2.28. The standard InChI is InChI=1S/C21H33N3O.2CH2O2/c1-22(2)19-10-17-12-20(13-18(17)11-19)24(4)21(25)15-23(3)14-16-8-6-5-7-9-16;2*2-1-3/h5-9,17-20H,10-15H2,1-4H3;2*1H,(H,2,3)/t17-,18+,19?,20?;;. The highest BCUT2D eigenvalue weighted by atomic mass is 16.3. The zero-order chi connectivity index (χ0) is 23.4. The van der Waals surface area contributed by atoms with Gasteiger partial charge in [0.2, 0.25) is 5.91 Å². The maximum absolute atomic E-state index is 12.7. The number of hydrogen-bond acceptors (Lipinski definition) is 5. The Morgan fingerprint density at radius 2 is 1.35 bits per heavy atom. The van der Waals surface area contributed by atoms with Crippen LogP contribution in [0.25, 0.3) is 0 Å². The molecular formula is C23H37N3O5. The van der Waals surface area contributed by atoms with E-state index in [2.05, 4.69) is 48.2 Å². The summed E-state index contributed by atoms with van der Waals surface area (Å²) in [4.78, 5) is 35.9. The van der Waals surface area contributed by atoms with Crippen LogP contribution in [0.5, 0.6) is 0 Å². The van der Waals surface area contributed by atoms with E-state index in [0.717, 1.165) is 24.4 Å². The Hall–Kier alpha value is -2.45. The molecule has 174 valence electrons. The van der Waals surface area contributed by atoms with Gasteiger partial charge in [-0.15, -0.1) is 0 Å². The van der Waals surface area contributed by atoms with Crippen molar-refractivity contribution in [3.8, 4) is 0 Å². The van der Waals surface area contributed by atoms with Crippen LogP contribution in [0.4, 0.5) is 0 Å². The van der Waals surface area contributed by atoms with E-state index in [-0.39, 0.29) is 18.9 Å². The van der Waals surface area contributed by atoms with Crippen LogP contribution in [-0.2, 0) is 20.9 Å². The number of carboxylic acid groups (broad SMARTS) is 2. The lowest BCUT2D eigenvalue weighted by Crippen LogP contribution is -2.41. The van der Waals surface area contributed by atoms with E-state index in [9.17, 15) is 4.79 Å². The van der Waals surface area contributed by atoms with Crippen molar-refractivity contribution in [3.05, 3.63) is 35.9 Å². The molecule has 0 heterocycles. The molecule has 2 aliphatic carbocycles. The van der Waals surface area contributed by atoms with Crippen molar-refractivity contribution >= 4 is 18.9 Å². The molecule has 0 spiro atoms. The number of benzene rings is 1. The second-order valence-electron chi connectivity index (χ2n) is 8.61. The summed E-state index contributed by atoms with van der Waals surface area (Å²) in [6.45, 7) is 0.818. The van der Waals surface area contributed by atoms with Gasteiger partial charge < -0.3 is 20.0 Å². The minimum absolute atomic E-state index is 0.250. The van der Waals surface area contributed by atoms with Crippen LogP contribution in [0.1, 0.15) is 31.2 Å². The first-order valence-corrected chi connectivity index (χ1v) is 10.6. The summed E-state index contributed by atoms with van der Waals surface area (Å²) in [6, 6.07) is 11.5. The zero-order valence-corrected chi connectivity index (χ0v) is 19.1. The fourth-order valence-corrected chi connectivity index (χ4v) is 4.79. The van der Waals surface area contributed by atoms with Crippen molar-refractivity contribution in [1.82, 2.24) is 14.7 Å². The van der Waals surface area contributed by atoms with Gasteiger partial charge >= 0.3 is 0 Å². The third-order valence-electron chi connectivity index (χ3n) is 6.34. The minimum atomic E-state index is -0.250. The molecule has 0 aliphatic heterocycles. The van der Waals surface area contributed by atoms with Crippen LogP contribution in [0.2, 0.25) is 0 Å². The Morgan fingerprint density at radius 1 is 0.903 bits per heavy atom. The van der Waals surface area contributed by atoms with E-state index in [1.807, 2.05) is 25.1 Å². The van der Waals surface area contributed by atoms with Crippen molar-refractivity contribution in [2.75, 3.05) is 34.7 Å².